The number of fused-ring (bicyclic) bond motifs is 1. The number of carbonyl (C=O) groups excluding carboxylic acids is 1. The highest BCUT2D eigenvalue weighted by atomic mass is 16.7. The molecule has 4 aromatic rings. The standard InChI is InChI=1S/C25H20O5/c1-15-9-11-18(12-10-15)23-24(30-25(27)28-19-7-5-4-6-8-19)22(26)21-17(3)13-16(2)14-20(21)29-23/h4-14H,1-3H3. The first-order valence-electron chi connectivity index (χ1n) is 9.52. The van der Waals surface area contributed by atoms with Crippen molar-refractivity contribution in [2.75, 3.05) is 0 Å². The highest BCUT2D eigenvalue weighted by molar-refractivity contribution is 5.86. The molecule has 0 atom stereocenters. The maximum absolute atomic E-state index is 13.3. The Morgan fingerprint density at radius 2 is 1.53 bits per heavy atom. The summed E-state index contributed by atoms with van der Waals surface area (Å²) in [6.45, 7) is 5.71. The molecule has 0 aliphatic heterocycles. The maximum atomic E-state index is 13.3. The molecule has 0 unspecified atom stereocenters. The summed E-state index contributed by atoms with van der Waals surface area (Å²) in [6, 6.07) is 19.6. The number of hydrogen-bond acceptors (Lipinski definition) is 5. The molecule has 5 nitrogen and oxygen atoms in total. The van der Waals surface area contributed by atoms with E-state index in [1.54, 1.807) is 36.4 Å². The van der Waals surface area contributed by atoms with Gasteiger partial charge in [-0.3, -0.25) is 4.79 Å². The molecule has 1 heterocycles. The van der Waals surface area contributed by atoms with Gasteiger partial charge >= 0.3 is 6.16 Å². The molecular weight excluding hydrogens is 380 g/mol. The van der Waals surface area contributed by atoms with Crippen molar-refractivity contribution in [3.8, 4) is 22.8 Å². The number of rotatable bonds is 3. The van der Waals surface area contributed by atoms with E-state index in [1.165, 1.54) is 0 Å². The lowest BCUT2D eigenvalue weighted by atomic mass is 10.0. The van der Waals surface area contributed by atoms with Gasteiger partial charge in [-0.1, -0.05) is 54.1 Å². The van der Waals surface area contributed by atoms with Crippen molar-refractivity contribution in [3.63, 3.8) is 0 Å². The molecular formula is C25H20O5. The van der Waals surface area contributed by atoms with Crippen LogP contribution in [-0.2, 0) is 0 Å². The molecule has 4 rings (SSSR count). The van der Waals surface area contributed by atoms with Crippen LogP contribution in [0.4, 0.5) is 4.79 Å². The van der Waals surface area contributed by atoms with E-state index in [0.29, 0.717) is 22.3 Å². The number of aryl methyl sites for hydroxylation is 3. The van der Waals surface area contributed by atoms with Gasteiger partial charge in [0.25, 0.3) is 0 Å². The van der Waals surface area contributed by atoms with Crippen molar-refractivity contribution in [2.24, 2.45) is 0 Å². The quantitative estimate of drug-likeness (QED) is 0.313. The van der Waals surface area contributed by atoms with Crippen molar-refractivity contribution in [2.45, 2.75) is 20.8 Å². The fourth-order valence-electron chi connectivity index (χ4n) is 3.35. The Bertz CT molecular complexity index is 1290. The third-order valence-electron chi connectivity index (χ3n) is 4.74. The van der Waals surface area contributed by atoms with Crippen molar-refractivity contribution in [1.82, 2.24) is 0 Å². The topological polar surface area (TPSA) is 65.7 Å². The minimum atomic E-state index is -1.01. The fraction of sp³-hybridized carbons (Fsp3) is 0.120. The van der Waals surface area contributed by atoms with E-state index in [4.69, 9.17) is 13.9 Å². The Morgan fingerprint density at radius 3 is 2.23 bits per heavy atom. The summed E-state index contributed by atoms with van der Waals surface area (Å²) in [5.41, 5.74) is 3.41. The Hall–Kier alpha value is -3.86. The molecule has 30 heavy (non-hydrogen) atoms. The van der Waals surface area contributed by atoms with Gasteiger partial charge in [0.15, 0.2) is 5.76 Å². The summed E-state index contributed by atoms with van der Waals surface area (Å²) in [6.07, 6.45) is -1.01. The van der Waals surface area contributed by atoms with Crippen LogP contribution in [0, 0.1) is 20.8 Å². The van der Waals surface area contributed by atoms with Crippen LogP contribution in [0.1, 0.15) is 16.7 Å². The van der Waals surface area contributed by atoms with Crippen LogP contribution in [0.15, 0.2) is 75.9 Å². The second kappa shape index (κ2) is 7.87. The van der Waals surface area contributed by atoms with Gasteiger partial charge < -0.3 is 13.9 Å². The van der Waals surface area contributed by atoms with E-state index in [1.807, 2.05) is 51.1 Å². The lowest BCUT2D eigenvalue weighted by Crippen LogP contribution is -2.19. The Balaban J connectivity index is 1.86. The van der Waals surface area contributed by atoms with Crippen LogP contribution < -0.4 is 14.9 Å². The minimum absolute atomic E-state index is 0.183. The van der Waals surface area contributed by atoms with E-state index in [9.17, 15) is 9.59 Å². The third-order valence-corrected chi connectivity index (χ3v) is 4.74. The van der Waals surface area contributed by atoms with Gasteiger partial charge in [-0.2, -0.15) is 0 Å². The average molecular weight is 400 g/mol. The summed E-state index contributed by atoms with van der Waals surface area (Å²) in [7, 11) is 0. The smallest absolute Gasteiger partial charge is 0.452 e. The van der Waals surface area contributed by atoms with E-state index >= 15 is 0 Å². The van der Waals surface area contributed by atoms with Gasteiger partial charge in [-0.25, -0.2) is 4.79 Å². The molecule has 150 valence electrons. The fourth-order valence-corrected chi connectivity index (χ4v) is 3.35. The van der Waals surface area contributed by atoms with E-state index < -0.39 is 11.6 Å². The summed E-state index contributed by atoms with van der Waals surface area (Å²) in [4.78, 5) is 25.7. The number of carbonyl (C=O) groups is 1. The largest absolute Gasteiger partial charge is 0.519 e. The molecule has 0 bridgehead atoms. The second-order valence-electron chi connectivity index (χ2n) is 7.18. The van der Waals surface area contributed by atoms with Crippen molar-refractivity contribution in [1.29, 1.82) is 0 Å². The number of benzene rings is 3. The van der Waals surface area contributed by atoms with E-state index in [0.717, 1.165) is 16.7 Å². The van der Waals surface area contributed by atoms with Gasteiger partial charge in [0.05, 0.1) is 5.39 Å². The molecule has 0 spiro atoms. The summed E-state index contributed by atoms with van der Waals surface area (Å²) in [5.74, 6) is 0.304. The molecule has 0 saturated heterocycles. The van der Waals surface area contributed by atoms with Gasteiger partial charge in [0.1, 0.15) is 11.3 Å². The van der Waals surface area contributed by atoms with Gasteiger partial charge in [0.2, 0.25) is 11.2 Å². The molecule has 0 aliphatic carbocycles. The van der Waals surface area contributed by atoms with E-state index in [-0.39, 0.29) is 11.5 Å². The molecule has 0 fully saturated rings. The normalized spacial score (nSPS) is 10.8. The zero-order valence-corrected chi connectivity index (χ0v) is 16.9. The Kier molecular flexibility index (Phi) is 5.11. The SMILES string of the molecule is Cc1ccc(-c2oc3cc(C)cc(C)c3c(=O)c2OC(=O)Oc2ccccc2)cc1. The van der Waals surface area contributed by atoms with Crippen molar-refractivity contribution < 1.29 is 18.7 Å². The first kappa shape index (κ1) is 19.5. The van der Waals surface area contributed by atoms with Crippen LogP contribution in [-0.4, -0.2) is 6.16 Å². The summed E-state index contributed by atoms with van der Waals surface area (Å²) < 4.78 is 16.7. The zero-order valence-electron chi connectivity index (χ0n) is 16.9. The Labute approximate surface area is 173 Å². The lowest BCUT2D eigenvalue weighted by Gasteiger charge is -2.12. The molecule has 0 N–H and O–H groups in total. The second-order valence-corrected chi connectivity index (χ2v) is 7.18. The monoisotopic (exact) mass is 400 g/mol. The predicted molar refractivity (Wildman–Crippen MR) is 115 cm³/mol. The number of ether oxygens (including phenoxy) is 2. The first-order valence-corrected chi connectivity index (χ1v) is 9.52. The average Bonchev–Trinajstić information content (AvgIpc) is 2.71. The molecule has 0 aliphatic rings. The van der Waals surface area contributed by atoms with Crippen molar-refractivity contribution >= 4 is 17.1 Å². The van der Waals surface area contributed by atoms with Crippen LogP contribution in [0.2, 0.25) is 0 Å². The third kappa shape index (κ3) is 3.82. The van der Waals surface area contributed by atoms with E-state index in [2.05, 4.69) is 0 Å². The van der Waals surface area contributed by atoms with Crippen molar-refractivity contribution in [3.05, 3.63) is 93.6 Å². The lowest BCUT2D eigenvalue weighted by molar-refractivity contribution is 0.151. The number of hydrogen-bond donors (Lipinski definition) is 0. The predicted octanol–water partition coefficient (Wildman–Crippen LogP) is 5.96. The molecule has 3 aromatic carbocycles. The molecule has 0 radical (unpaired) electrons. The number of para-hydroxylation sites is 1. The Morgan fingerprint density at radius 1 is 0.833 bits per heavy atom. The molecule has 1 aromatic heterocycles. The van der Waals surface area contributed by atoms with Crippen LogP contribution >= 0.6 is 0 Å². The van der Waals surface area contributed by atoms with Gasteiger partial charge in [0, 0.05) is 5.56 Å². The van der Waals surface area contributed by atoms with Crippen LogP contribution in [0.3, 0.4) is 0 Å². The first-order chi connectivity index (χ1) is 14.4. The molecule has 0 amide bonds. The summed E-state index contributed by atoms with van der Waals surface area (Å²) >= 11 is 0. The molecule has 5 heteroatoms. The van der Waals surface area contributed by atoms with Crippen LogP contribution in [0.5, 0.6) is 11.5 Å². The van der Waals surface area contributed by atoms with Gasteiger partial charge in [-0.05, 0) is 50.1 Å². The summed E-state index contributed by atoms with van der Waals surface area (Å²) in [5, 5.41) is 0.374. The van der Waals surface area contributed by atoms with Gasteiger partial charge in [-0.15, -0.1) is 0 Å². The van der Waals surface area contributed by atoms with Crippen LogP contribution in [0.25, 0.3) is 22.3 Å². The minimum Gasteiger partial charge on any atom is -0.452 e. The highest BCUT2D eigenvalue weighted by Crippen LogP contribution is 2.32. The zero-order chi connectivity index (χ0) is 21.3. The molecule has 0 saturated carbocycles. The maximum Gasteiger partial charge on any atom is 0.519 e. The highest BCUT2D eigenvalue weighted by Gasteiger charge is 2.22.